The third-order valence-corrected chi connectivity index (χ3v) is 6.27. The number of esters is 1. The quantitative estimate of drug-likeness (QED) is 0.0435. The van der Waals surface area contributed by atoms with Gasteiger partial charge in [-0.1, -0.05) is 30.3 Å². The van der Waals surface area contributed by atoms with Crippen molar-refractivity contribution in [2.75, 3.05) is 179 Å². The van der Waals surface area contributed by atoms with Gasteiger partial charge in [0.05, 0.1) is 159 Å². The van der Waals surface area contributed by atoms with Gasteiger partial charge in [0.25, 0.3) is 5.78 Å². The van der Waals surface area contributed by atoms with Crippen LogP contribution in [-0.2, 0) is 66.4 Å². The van der Waals surface area contributed by atoms with Gasteiger partial charge in [0, 0.05) is 12.1 Å². The van der Waals surface area contributed by atoms with Gasteiger partial charge in [-0.2, -0.15) is 0 Å². The molecule has 0 saturated heterocycles. The molecule has 0 heterocycles. The molecule has 1 N–H and O–H groups in total. The van der Waals surface area contributed by atoms with E-state index in [2.05, 4.69) is 5.32 Å². The van der Waals surface area contributed by atoms with Crippen molar-refractivity contribution in [1.29, 1.82) is 0 Å². The lowest BCUT2D eigenvalue weighted by Crippen LogP contribution is -2.20. The summed E-state index contributed by atoms with van der Waals surface area (Å²) in [5.41, 5.74) is 0.295. The van der Waals surface area contributed by atoms with Crippen molar-refractivity contribution in [2.24, 2.45) is 0 Å². The molecule has 0 radical (unpaired) electrons. The van der Waals surface area contributed by atoms with Crippen molar-refractivity contribution in [3.05, 3.63) is 35.9 Å². The molecule has 0 unspecified atom stereocenters. The van der Waals surface area contributed by atoms with Crippen LogP contribution in [0, 0.1) is 0 Å². The van der Waals surface area contributed by atoms with E-state index in [9.17, 15) is 9.59 Å². The van der Waals surface area contributed by atoms with Crippen LogP contribution in [0.5, 0.6) is 0 Å². The molecule has 0 aliphatic rings. The number of hydrogen-bond acceptors (Lipinski definition) is 16. The molecule has 1 aromatic rings. The number of nitrogens with one attached hydrogen (secondary N) is 1. The summed E-state index contributed by atoms with van der Waals surface area (Å²) >= 11 is 0. The van der Waals surface area contributed by atoms with E-state index in [1.165, 1.54) is 0 Å². The predicted molar refractivity (Wildman–Crippen MR) is 185 cm³/mol. The molecule has 0 saturated carbocycles. The van der Waals surface area contributed by atoms with Crippen LogP contribution in [0.25, 0.3) is 0 Å². The molecule has 16 heteroatoms. The van der Waals surface area contributed by atoms with Gasteiger partial charge in [0.15, 0.2) is 0 Å². The zero-order chi connectivity index (χ0) is 36.6. The zero-order valence-corrected chi connectivity index (χ0v) is 30.4. The van der Waals surface area contributed by atoms with Crippen molar-refractivity contribution in [1.82, 2.24) is 5.32 Å². The topological polar surface area (TPSA) is 166 Å². The minimum absolute atomic E-state index is 0.00409. The van der Waals surface area contributed by atoms with Gasteiger partial charge in [-0.15, -0.1) is 0 Å². The number of hydrogen-bond donors (Lipinski definition) is 1. The lowest BCUT2D eigenvalue weighted by atomic mass is 10.1. The minimum atomic E-state index is -0.898. The van der Waals surface area contributed by atoms with Crippen LogP contribution in [0.1, 0.15) is 10.4 Å². The molecule has 0 amide bonds. The summed E-state index contributed by atoms with van der Waals surface area (Å²) in [6.07, 6.45) is 0. The van der Waals surface area contributed by atoms with Crippen molar-refractivity contribution in [3.8, 4) is 0 Å². The summed E-state index contributed by atoms with van der Waals surface area (Å²) in [5.74, 6) is -1.57. The van der Waals surface area contributed by atoms with Crippen LogP contribution in [0.3, 0.4) is 0 Å². The van der Waals surface area contributed by atoms with Gasteiger partial charge in [0.1, 0.15) is 6.61 Å². The smallest absolute Gasteiger partial charge is 0.379 e. The fourth-order valence-electron chi connectivity index (χ4n) is 3.66. The zero-order valence-electron chi connectivity index (χ0n) is 30.4. The third kappa shape index (κ3) is 33.4. The number of benzene rings is 1. The first-order chi connectivity index (χ1) is 25.3. The average Bonchev–Trinajstić information content (AvgIpc) is 3.15. The van der Waals surface area contributed by atoms with E-state index in [-0.39, 0.29) is 13.2 Å². The second-order valence-electron chi connectivity index (χ2n) is 10.3. The van der Waals surface area contributed by atoms with Gasteiger partial charge in [-0.05, 0) is 7.05 Å². The van der Waals surface area contributed by atoms with Crippen LogP contribution < -0.4 is 5.32 Å². The lowest BCUT2D eigenvalue weighted by molar-refractivity contribution is -0.139. The molecule has 1 aromatic carbocycles. The second-order valence-corrected chi connectivity index (χ2v) is 10.3. The van der Waals surface area contributed by atoms with Crippen LogP contribution in [0.4, 0.5) is 0 Å². The summed E-state index contributed by atoms with van der Waals surface area (Å²) in [5, 5.41) is 3.02. The van der Waals surface area contributed by atoms with Crippen LogP contribution >= 0.6 is 0 Å². The Morgan fingerprint density at radius 1 is 0.392 bits per heavy atom. The molecule has 0 aromatic heterocycles. The Balaban J connectivity index is 1.64. The Morgan fingerprint density at radius 2 is 0.647 bits per heavy atom. The largest absolute Gasteiger partial charge is 0.457 e. The van der Waals surface area contributed by atoms with Crippen LogP contribution in [-0.4, -0.2) is 191 Å². The molecule has 0 bridgehead atoms. The van der Waals surface area contributed by atoms with E-state index in [0.29, 0.717) is 158 Å². The first-order valence-electron chi connectivity index (χ1n) is 17.6. The number of Topliss-reactive ketones (excluding diaryl/α,β-unsaturated/α-hetero) is 1. The number of ether oxygens (including phenoxy) is 13. The summed E-state index contributed by atoms with van der Waals surface area (Å²) in [4.78, 5) is 23.6. The lowest BCUT2D eigenvalue weighted by Gasteiger charge is -2.09. The molecular weight excluding hydrogens is 674 g/mol. The average molecular weight is 736 g/mol. The fraction of sp³-hybridized carbons (Fsp3) is 0.771. The second kappa shape index (κ2) is 39.1. The SMILES string of the molecule is CNCCOCCOCCOCCOCCOCCOCCOCCOCCOCCOCCOCCOCCOC(=O)C(=O)c1ccccc1. The number of rotatable bonds is 41. The third-order valence-electron chi connectivity index (χ3n) is 6.27. The molecule has 1 rings (SSSR count). The summed E-state index contributed by atoms with van der Waals surface area (Å²) < 4.78 is 70.1. The van der Waals surface area contributed by atoms with E-state index >= 15 is 0 Å². The van der Waals surface area contributed by atoms with Crippen molar-refractivity contribution in [3.63, 3.8) is 0 Å². The van der Waals surface area contributed by atoms with E-state index in [0.717, 1.165) is 6.54 Å². The van der Waals surface area contributed by atoms with E-state index < -0.39 is 11.8 Å². The number of carbonyl (C=O) groups excluding carboxylic acids is 2. The Kier molecular flexibility index (Phi) is 35.9. The highest BCUT2D eigenvalue weighted by Crippen LogP contribution is 2.01. The predicted octanol–water partition coefficient (Wildman–Crippen LogP) is 0.831. The molecule has 51 heavy (non-hydrogen) atoms. The molecule has 0 spiro atoms. The number of ketones is 1. The highest BCUT2D eigenvalue weighted by molar-refractivity contribution is 6.40. The summed E-state index contributed by atoms with van der Waals surface area (Å²) in [6, 6.07) is 8.26. The molecule has 16 nitrogen and oxygen atoms in total. The first-order valence-corrected chi connectivity index (χ1v) is 17.6. The van der Waals surface area contributed by atoms with Gasteiger partial charge in [-0.3, -0.25) is 4.79 Å². The Morgan fingerprint density at radius 3 is 0.922 bits per heavy atom. The summed E-state index contributed by atoms with van der Waals surface area (Å²) in [6.45, 7) is 12.3. The Bertz CT molecular complexity index is 884. The highest BCUT2D eigenvalue weighted by atomic mass is 16.6. The first kappa shape index (κ1) is 46.9. The number of carbonyl (C=O) groups is 2. The van der Waals surface area contributed by atoms with E-state index in [1.54, 1.807) is 30.3 Å². The van der Waals surface area contributed by atoms with Gasteiger partial charge in [0.2, 0.25) is 0 Å². The van der Waals surface area contributed by atoms with Crippen molar-refractivity contribution >= 4 is 11.8 Å². The summed E-state index contributed by atoms with van der Waals surface area (Å²) in [7, 11) is 1.89. The van der Waals surface area contributed by atoms with Gasteiger partial charge < -0.3 is 66.9 Å². The monoisotopic (exact) mass is 735 g/mol. The maximum atomic E-state index is 11.9. The standard InChI is InChI=1S/C35H61NO15/c1-36-7-8-39-9-10-40-11-12-41-13-14-42-15-16-43-17-18-44-19-20-45-21-22-46-23-24-47-25-26-48-27-28-49-29-30-50-31-32-51-35(38)34(37)33-5-3-2-4-6-33/h2-6,36H,7-32H2,1H3. The van der Waals surface area contributed by atoms with E-state index in [1.807, 2.05) is 7.05 Å². The molecule has 0 aliphatic carbocycles. The van der Waals surface area contributed by atoms with Crippen LogP contribution in [0.2, 0.25) is 0 Å². The maximum Gasteiger partial charge on any atom is 0.379 e. The molecular formula is C35H61NO15. The highest BCUT2D eigenvalue weighted by Gasteiger charge is 2.17. The maximum absolute atomic E-state index is 11.9. The number of likely N-dealkylation sites (N-methyl/N-ethyl adjacent to an activating group) is 1. The van der Waals surface area contributed by atoms with Crippen LogP contribution in [0.15, 0.2) is 30.3 Å². The minimum Gasteiger partial charge on any atom is -0.457 e. The van der Waals surface area contributed by atoms with Gasteiger partial charge in [-0.25, -0.2) is 4.79 Å². The van der Waals surface area contributed by atoms with Crippen molar-refractivity contribution in [2.45, 2.75) is 0 Å². The normalized spacial score (nSPS) is 11.3. The van der Waals surface area contributed by atoms with Gasteiger partial charge >= 0.3 is 5.97 Å². The van der Waals surface area contributed by atoms with E-state index in [4.69, 9.17) is 61.6 Å². The molecule has 0 fully saturated rings. The Labute approximate surface area is 302 Å². The Hall–Kier alpha value is -2.16. The molecule has 296 valence electrons. The van der Waals surface area contributed by atoms with Crippen molar-refractivity contribution < 1.29 is 71.2 Å². The fourth-order valence-corrected chi connectivity index (χ4v) is 3.66. The molecule has 0 aliphatic heterocycles. The molecule has 0 atom stereocenters.